The average Bonchev–Trinajstić information content (AvgIpc) is 2.62. The van der Waals surface area contributed by atoms with Gasteiger partial charge in [-0.05, 0) is 39.9 Å². The molecule has 2 aromatic rings. The molecule has 0 aliphatic carbocycles. The molecule has 2 rings (SSSR count). The number of nitrogens with zero attached hydrogens (tertiary/aromatic N) is 1. The van der Waals surface area contributed by atoms with E-state index in [0.717, 1.165) is 10.9 Å². The zero-order chi connectivity index (χ0) is 10.1. The summed E-state index contributed by atoms with van der Waals surface area (Å²) in [6.07, 6.45) is 1.05. The Morgan fingerprint density at radius 1 is 1.50 bits per heavy atom. The van der Waals surface area contributed by atoms with E-state index in [1.165, 1.54) is 15.0 Å². The summed E-state index contributed by atoms with van der Waals surface area (Å²) >= 11 is 5.23. The predicted molar refractivity (Wildman–Crippen MR) is 63.6 cm³/mol. The van der Waals surface area contributed by atoms with Crippen LogP contribution < -0.4 is 0 Å². The SMILES string of the molecule is CCc1cc2ccc(C#N)c(Br)c2s1. The monoisotopic (exact) mass is 265 g/mol. The van der Waals surface area contributed by atoms with E-state index in [0.29, 0.717) is 5.56 Å². The number of fused-ring (bicyclic) bond motifs is 1. The Balaban J connectivity index is 2.76. The largest absolute Gasteiger partial charge is 0.192 e. The van der Waals surface area contributed by atoms with Gasteiger partial charge < -0.3 is 0 Å². The van der Waals surface area contributed by atoms with E-state index < -0.39 is 0 Å². The molecule has 0 spiro atoms. The van der Waals surface area contributed by atoms with Crippen molar-refractivity contribution in [1.82, 2.24) is 0 Å². The van der Waals surface area contributed by atoms with E-state index in [-0.39, 0.29) is 0 Å². The zero-order valence-corrected chi connectivity index (χ0v) is 10.1. The summed E-state index contributed by atoms with van der Waals surface area (Å²) in [6, 6.07) is 8.23. The van der Waals surface area contributed by atoms with Gasteiger partial charge in [0.15, 0.2) is 0 Å². The Kier molecular flexibility index (Phi) is 2.58. The number of thiophene rings is 1. The molecule has 0 saturated heterocycles. The van der Waals surface area contributed by atoms with Crippen molar-refractivity contribution in [3.8, 4) is 6.07 Å². The lowest BCUT2D eigenvalue weighted by atomic mass is 10.2. The second-order valence-electron chi connectivity index (χ2n) is 3.02. The highest BCUT2D eigenvalue weighted by atomic mass is 79.9. The Morgan fingerprint density at radius 2 is 2.29 bits per heavy atom. The molecule has 1 nitrogen and oxygen atoms in total. The molecular formula is C11H8BrNS. The minimum Gasteiger partial charge on any atom is -0.192 e. The molecule has 0 N–H and O–H groups in total. The highest BCUT2D eigenvalue weighted by Crippen LogP contribution is 2.34. The summed E-state index contributed by atoms with van der Waals surface area (Å²) in [5.74, 6) is 0. The number of rotatable bonds is 1. The number of aryl methyl sites for hydroxylation is 1. The third-order valence-electron chi connectivity index (χ3n) is 2.15. The molecule has 1 aromatic carbocycles. The first-order valence-corrected chi connectivity index (χ1v) is 5.98. The summed E-state index contributed by atoms with van der Waals surface area (Å²) < 4.78 is 2.11. The zero-order valence-electron chi connectivity index (χ0n) is 7.67. The van der Waals surface area contributed by atoms with Crippen LogP contribution in [0.25, 0.3) is 10.1 Å². The lowest BCUT2D eigenvalue weighted by molar-refractivity contribution is 1.19. The molecule has 1 aromatic heterocycles. The summed E-state index contributed by atoms with van der Waals surface area (Å²) in [5, 5.41) is 10.1. The minimum absolute atomic E-state index is 0.710. The molecule has 1 heterocycles. The standard InChI is InChI=1S/C11H8BrNS/c1-2-9-5-7-3-4-8(6-13)10(12)11(7)14-9/h3-5H,2H2,1H3. The molecule has 0 fully saturated rings. The molecule has 0 atom stereocenters. The fraction of sp³-hybridized carbons (Fsp3) is 0.182. The summed E-state index contributed by atoms with van der Waals surface area (Å²) in [4.78, 5) is 1.36. The van der Waals surface area contributed by atoms with Crippen molar-refractivity contribution in [2.24, 2.45) is 0 Å². The first-order valence-electron chi connectivity index (χ1n) is 4.37. The Morgan fingerprint density at radius 3 is 2.93 bits per heavy atom. The number of benzene rings is 1. The third-order valence-corrected chi connectivity index (χ3v) is 4.54. The lowest BCUT2D eigenvalue weighted by Gasteiger charge is -1.95. The van der Waals surface area contributed by atoms with Gasteiger partial charge in [-0.25, -0.2) is 0 Å². The van der Waals surface area contributed by atoms with Gasteiger partial charge in [-0.1, -0.05) is 13.0 Å². The quantitative estimate of drug-likeness (QED) is 0.762. The molecule has 0 bridgehead atoms. The maximum atomic E-state index is 8.87. The van der Waals surface area contributed by atoms with Crippen molar-refractivity contribution in [2.45, 2.75) is 13.3 Å². The molecule has 0 aliphatic heterocycles. The maximum Gasteiger partial charge on any atom is 0.100 e. The average molecular weight is 266 g/mol. The van der Waals surface area contributed by atoms with Gasteiger partial charge in [0.05, 0.1) is 14.7 Å². The minimum atomic E-state index is 0.710. The number of halogens is 1. The van der Waals surface area contributed by atoms with Gasteiger partial charge >= 0.3 is 0 Å². The molecule has 0 unspecified atom stereocenters. The maximum absolute atomic E-state index is 8.87. The van der Waals surface area contributed by atoms with Gasteiger partial charge in [-0.3, -0.25) is 0 Å². The van der Waals surface area contributed by atoms with Gasteiger partial charge in [0.2, 0.25) is 0 Å². The molecule has 0 amide bonds. The van der Waals surface area contributed by atoms with Gasteiger partial charge in [0, 0.05) is 4.88 Å². The van der Waals surface area contributed by atoms with Gasteiger partial charge in [0.1, 0.15) is 6.07 Å². The van der Waals surface area contributed by atoms with Crippen molar-refractivity contribution < 1.29 is 0 Å². The molecule has 3 heteroatoms. The molecule has 70 valence electrons. The first kappa shape index (κ1) is 9.70. The van der Waals surface area contributed by atoms with Gasteiger partial charge in [-0.2, -0.15) is 5.26 Å². The highest BCUT2D eigenvalue weighted by molar-refractivity contribution is 9.10. The van der Waals surface area contributed by atoms with Crippen LogP contribution in [-0.2, 0) is 6.42 Å². The van der Waals surface area contributed by atoms with E-state index in [4.69, 9.17) is 5.26 Å². The smallest absolute Gasteiger partial charge is 0.100 e. The Bertz CT molecular complexity index is 522. The van der Waals surface area contributed by atoms with Crippen LogP contribution in [0.3, 0.4) is 0 Å². The Hall–Kier alpha value is -0.850. The molecule has 0 aliphatic rings. The molecule has 14 heavy (non-hydrogen) atoms. The topological polar surface area (TPSA) is 23.8 Å². The van der Waals surface area contributed by atoms with Gasteiger partial charge in [0.25, 0.3) is 0 Å². The van der Waals surface area contributed by atoms with E-state index >= 15 is 0 Å². The van der Waals surface area contributed by atoms with Crippen LogP contribution >= 0.6 is 27.3 Å². The van der Waals surface area contributed by atoms with Crippen LogP contribution in [0.15, 0.2) is 22.7 Å². The van der Waals surface area contributed by atoms with Crippen molar-refractivity contribution in [1.29, 1.82) is 5.26 Å². The van der Waals surface area contributed by atoms with E-state index in [1.807, 2.05) is 12.1 Å². The Labute approximate surface area is 95.1 Å². The van der Waals surface area contributed by atoms with Gasteiger partial charge in [-0.15, -0.1) is 11.3 Å². The van der Waals surface area contributed by atoms with Crippen molar-refractivity contribution in [3.05, 3.63) is 33.1 Å². The molecular weight excluding hydrogens is 258 g/mol. The molecule has 0 saturated carbocycles. The van der Waals surface area contributed by atoms with Crippen LogP contribution in [0.5, 0.6) is 0 Å². The normalized spacial score (nSPS) is 10.4. The fourth-order valence-corrected chi connectivity index (χ4v) is 3.11. The van der Waals surface area contributed by atoms with Crippen molar-refractivity contribution >= 4 is 37.4 Å². The third kappa shape index (κ3) is 1.45. The lowest BCUT2D eigenvalue weighted by Crippen LogP contribution is -1.75. The van der Waals surface area contributed by atoms with E-state index in [1.54, 1.807) is 11.3 Å². The summed E-state index contributed by atoms with van der Waals surface area (Å²) in [5.41, 5.74) is 0.710. The first-order chi connectivity index (χ1) is 6.76. The van der Waals surface area contributed by atoms with Crippen LogP contribution in [0.1, 0.15) is 17.4 Å². The van der Waals surface area contributed by atoms with E-state index in [2.05, 4.69) is 35.0 Å². The predicted octanol–water partition coefficient (Wildman–Crippen LogP) is 4.10. The highest BCUT2D eigenvalue weighted by Gasteiger charge is 2.07. The second kappa shape index (κ2) is 3.72. The van der Waals surface area contributed by atoms with Crippen LogP contribution in [0, 0.1) is 11.3 Å². The van der Waals surface area contributed by atoms with Crippen LogP contribution in [0.4, 0.5) is 0 Å². The number of hydrogen-bond acceptors (Lipinski definition) is 2. The second-order valence-corrected chi connectivity index (χ2v) is 4.95. The van der Waals surface area contributed by atoms with E-state index in [9.17, 15) is 0 Å². The summed E-state index contributed by atoms with van der Waals surface area (Å²) in [6.45, 7) is 2.14. The van der Waals surface area contributed by atoms with Crippen molar-refractivity contribution in [3.63, 3.8) is 0 Å². The van der Waals surface area contributed by atoms with Crippen LogP contribution in [-0.4, -0.2) is 0 Å². The summed E-state index contributed by atoms with van der Waals surface area (Å²) in [7, 11) is 0. The number of nitriles is 1. The van der Waals surface area contributed by atoms with Crippen molar-refractivity contribution in [2.75, 3.05) is 0 Å². The fourth-order valence-electron chi connectivity index (χ4n) is 1.38. The van der Waals surface area contributed by atoms with Crippen LogP contribution in [0.2, 0.25) is 0 Å². The number of hydrogen-bond donors (Lipinski definition) is 0. The molecule has 0 radical (unpaired) electrons.